The second-order valence-corrected chi connectivity index (χ2v) is 7.05. The highest BCUT2D eigenvalue weighted by molar-refractivity contribution is 9.10. The Hall–Kier alpha value is -0.820. The van der Waals surface area contributed by atoms with Crippen molar-refractivity contribution in [1.82, 2.24) is 10.2 Å². The van der Waals surface area contributed by atoms with E-state index in [1.54, 1.807) is 7.11 Å². The number of phenolic OH excluding ortho intramolecular Hbond substituents is 1. The molecule has 128 valence electrons. The van der Waals surface area contributed by atoms with Gasteiger partial charge in [-0.2, -0.15) is 0 Å². The fraction of sp³-hybridized carbons (Fsp3) is 0.647. The van der Waals surface area contributed by atoms with Crippen LogP contribution in [0.15, 0.2) is 16.6 Å². The maximum absolute atomic E-state index is 10.8. The van der Waals surface area contributed by atoms with E-state index in [4.69, 9.17) is 9.47 Å². The van der Waals surface area contributed by atoms with Crippen molar-refractivity contribution in [3.63, 3.8) is 0 Å². The standard InChI is InChI=1S/C17H25BrN2O3/c1-22-14-3-2-13(18)15(17(14)21)16(12-4-10-23-11-5-12)20-8-6-19-7-9-20/h2-3,12,16,19,21H,4-11H2,1H3/t16-/m0/s1. The van der Waals surface area contributed by atoms with Crippen molar-refractivity contribution in [2.75, 3.05) is 46.5 Å². The Morgan fingerprint density at radius 2 is 2.00 bits per heavy atom. The van der Waals surface area contributed by atoms with Crippen LogP contribution in [0.4, 0.5) is 0 Å². The number of benzene rings is 1. The highest BCUT2D eigenvalue weighted by Gasteiger charge is 2.35. The Kier molecular flexibility index (Phi) is 5.80. The maximum atomic E-state index is 10.8. The summed E-state index contributed by atoms with van der Waals surface area (Å²) in [6.45, 7) is 5.56. The number of phenols is 1. The van der Waals surface area contributed by atoms with Gasteiger partial charge < -0.3 is 19.9 Å². The first-order valence-corrected chi connectivity index (χ1v) is 9.09. The molecular formula is C17H25BrN2O3. The summed E-state index contributed by atoms with van der Waals surface area (Å²) in [4.78, 5) is 2.49. The van der Waals surface area contributed by atoms with Crippen LogP contribution < -0.4 is 10.1 Å². The third-order valence-corrected chi connectivity index (χ3v) is 5.59. The van der Waals surface area contributed by atoms with Crippen LogP contribution in [0.25, 0.3) is 0 Å². The van der Waals surface area contributed by atoms with E-state index in [0.717, 1.165) is 62.3 Å². The van der Waals surface area contributed by atoms with Crippen molar-refractivity contribution in [3.05, 3.63) is 22.2 Å². The lowest BCUT2D eigenvalue weighted by Crippen LogP contribution is -2.47. The van der Waals surface area contributed by atoms with E-state index in [9.17, 15) is 5.11 Å². The molecular weight excluding hydrogens is 360 g/mol. The van der Waals surface area contributed by atoms with E-state index in [2.05, 4.69) is 26.1 Å². The summed E-state index contributed by atoms with van der Waals surface area (Å²) in [7, 11) is 1.60. The molecule has 1 aromatic carbocycles. The van der Waals surface area contributed by atoms with Crippen molar-refractivity contribution < 1.29 is 14.6 Å². The zero-order chi connectivity index (χ0) is 16.2. The molecule has 0 unspecified atom stereocenters. The number of halogens is 1. The van der Waals surface area contributed by atoms with Crippen LogP contribution >= 0.6 is 15.9 Å². The number of nitrogens with one attached hydrogen (secondary N) is 1. The number of rotatable bonds is 4. The number of aromatic hydroxyl groups is 1. The molecule has 2 N–H and O–H groups in total. The van der Waals surface area contributed by atoms with Crippen molar-refractivity contribution in [2.45, 2.75) is 18.9 Å². The fourth-order valence-electron chi connectivity index (χ4n) is 3.72. The summed E-state index contributed by atoms with van der Waals surface area (Å²) in [5.74, 6) is 1.28. The molecule has 2 aliphatic rings. The molecule has 2 heterocycles. The minimum atomic E-state index is 0.186. The Labute approximate surface area is 146 Å². The first-order valence-electron chi connectivity index (χ1n) is 8.30. The van der Waals surface area contributed by atoms with Crippen LogP contribution in [0.5, 0.6) is 11.5 Å². The summed E-state index contributed by atoms with van der Waals surface area (Å²) >= 11 is 3.66. The Bertz CT molecular complexity index is 511. The Balaban J connectivity index is 2.00. The lowest BCUT2D eigenvalue weighted by atomic mass is 9.85. The van der Waals surface area contributed by atoms with Crippen molar-refractivity contribution in [1.29, 1.82) is 0 Å². The van der Waals surface area contributed by atoms with Crippen LogP contribution in [0.1, 0.15) is 24.4 Å². The van der Waals surface area contributed by atoms with Gasteiger partial charge in [-0.05, 0) is 30.9 Å². The molecule has 23 heavy (non-hydrogen) atoms. The molecule has 6 heteroatoms. The van der Waals surface area contributed by atoms with Gasteiger partial charge in [0.25, 0.3) is 0 Å². The first kappa shape index (κ1) is 17.0. The Morgan fingerprint density at radius 3 is 2.65 bits per heavy atom. The smallest absolute Gasteiger partial charge is 0.163 e. The zero-order valence-electron chi connectivity index (χ0n) is 13.6. The summed E-state index contributed by atoms with van der Waals surface area (Å²) in [5, 5.41) is 14.2. The van der Waals surface area contributed by atoms with Gasteiger partial charge in [-0.15, -0.1) is 0 Å². The largest absolute Gasteiger partial charge is 0.504 e. The van der Waals surface area contributed by atoms with Gasteiger partial charge in [0, 0.05) is 55.5 Å². The van der Waals surface area contributed by atoms with Gasteiger partial charge in [0.2, 0.25) is 0 Å². The lowest BCUT2D eigenvalue weighted by Gasteiger charge is -2.41. The van der Waals surface area contributed by atoms with Crippen LogP contribution in [-0.2, 0) is 4.74 Å². The Morgan fingerprint density at radius 1 is 1.30 bits per heavy atom. The SMILES string of the molecule is COc1ccc(Br)c([C@H](C2CCOCC2)N2CCNCC2)c1O. The predicted molar refractivity (Wildman–Crippen MR) is 93.1 cm³/mol. The molecule has 2 aliphatic heterocycles. The molecule has 0 spiro atoms. The minimum Gasteiger partial charge on any atom is -0.504 e. The van der Waals surface area contributed by atoms with E-state index in [1.807, 2.05) is 12.1 Å². The average Bonchev–Trinajstić information content (AvgIpc) is 2.60. The van der Waals surface area contributed by atoms with Gasteiger partial charge in [0.1, 0.15) is 0 Å². The molecule has 0 radical (unpaired) electrons. The molecule has 1 aromatic rings. The van der Waals surface area contributed by atoms with Gasteiger partial charge >= 0.3 is 0 Å². The molecule has 2 fully saturated rings. The highest BCUT2D eigenvalue weighted by atomic mass is 79.9. The number of methoxy groups -OCH3 is 1. The normalized spacial score (nSPS) is 22.0. The first-order chi connectivity index (χ1) is 11.2. The molecule has 0 aliphatic carbocycles. The van der Waals surface area contributed by atoms with Crippen molar-refractivity contribution in [3.8, 4) is 11.5 Å². The summed E-state index contributed by atoms with van der Waals surface area (Å²) in [6, 6.07) is 3.97. The molecule has 0 amide bonds. The van der Waals surface area contributed by atoms with Crippen LogP contribution in [0.2, 0.25) is 0 Å². The molecule has 3 rings (SSSR count). The molecule has 0 bridgehead atoms. The molecule has 2 saturated heterocycles. The van der Waals surface area contributed by atoms with E-state index < -0.39 is 0 Å². The van der Waals surface area contributed by atoms with Gasteiger partial charge in [-0.1, -0.05) is 15.9 Å². The summed E-state index contributed by atoms with van der Waals surface area (Å²) in [5.41, 5.74) is 0.957. The molecule has 1 atom stereocenters. The molecule has 0 aromatic heterocycles. The monoisotopic (exact) mass is 384 g/mol. The third kappa shape index (κ3) is 3.65. The van der Waals surface area contributed by atoms with Crippen LogP contribution in [-0.4, -0.2) is 56.5 Å². The van der Waals surface area contributed by atoms with E-state index in [1.165, 1.54) is 0 Å². The van der Waals surface area contributed by atoms with Gasteiger partial charge in [-0.3, -0.25) is 4.90 Å². The van der Waals surface area contributed by atoms with Gasteiger partial charge in [0.15, 0.2) is 11.5 Å². The second kappa shape index (κ2) is 7.83. The van der Waals surface area contributed by atoms with Crippen LogP contribution in [0.3, 0.4) is 0 Å². The fourth-order valence-corrected chi connectivity index (χ4v) is 4.27. The molecule has 5 nitrogen and oxygen atoms in total. The van der Waals surface area contributed by atoms with Gasteiger partial charge in [0.05, 0.1) is 7.11 Å². The quantitative estimate of drug-likeness (QED) is 0.835. The number of hydrogen-bond acceptors (Lipinski definition) is 5. The highest BCUT2D eigenvalue weighted by Crippen LogP contribution is 2.46. The van der Waals surface area contributed by atoms with Gasteiger partial charge in [-0.25, -0.2) is 0 Å². The number of hydrogen-bond donors (Lipinski definition) is 2. The topological polar surface area (TPSA) is 54.0 Å². The molecule has 0 saturated carbocycles. The van der Waals surface area contributed by atoms with Crippen LogP contribution in [0, 0.1) is 5.92 Å². The van der Waals surface area contributed by atoms with Crippen molar-refractivity contribution >= 4 is 15.9 Å². The predicted octanol–water partition coefficient (Wildman–Crippen LogP) is 2.54. The number of nitrogens with zero attached hydrogens (tertiary/aromatic N) is 1. The summed E-state index contributed by atoms with van der Waals surface area (Å²) < 4.78 is 11.8. The lowest BCUT2D eigenvalue weighted by molar-refractivity contribution is 0.0203. The minimum absolute atomic E-state index is 0.186. The second-order valence-electron chi connectivity index (χ2n) is 6.19. The zero-order valence-corrected chi connectivity index (χ0v) is 15.1. The van der Waals surface area contributed by atoms with E-state index in [0.29, 0.717) is 11.7 Å². The number of piperazine rings is 1. The number of ether oxygens (including phenoxy) is 2. The summed E-state index contributed by atoms with van der Waals surface area (Å²) in [6.07, 6.45) is 2.05. The maximum Gasteiger partial charge on any atom is 0.163 e. The third-order valence-electron chi connectivity index (χ3n) is 4.90. The average molecular weight is 385 g/mol. The van der Waals surface area contributed by atoms with Crippen molar-refractivity contribution in [2.24, 2.45) is 5.92 Å². The van der Waals surface area contributed by atoms with E-state index in [-0.39, 0.29) is 11.8 Å². The van der Waals surface area contributed by atoms with E-state index >= 15 is 0 Å².